The molecule has 0 saturated heterocycles. The van der Waals surface area contributed by atoms with Gasteiger partial charge >= 0.3 is 0 Å². The number of methoxy groups -OCH3 is 2. The minimum Gasteiger partial charge on any atom is -0.382 e. The zero-order valence-corrected chi connectivity index (χ0v) is 62.3. The summed E-state index contributed by atoms with van der Waals surface area (Å²) in [7, 11) is 3.36. The van der Waals surface area contributed by atoms with E-state index in [4.69, 9.17) is 37.9 Å². The first-order valence-corrected chi connectivity index (χ1v) is 37.8. The van der Waals surface area contributed by atoms with E-state index in [1.54, 1.807) is 14.2 Å². The SMILES string of the molecule is COCCOCCOCCOCCn1c2ccc(-c3cc4ccc5cc(C(C)(C)C)cc6ccc(c3)c4c56)cc2c2cc(-c3c4ccccc4c(-c4ccc5c(c4)c4cc(-c6cc7ccc8cc(C(C)(C)C)cc9ccc(c6)c7c89)ccc4n5CCOCCOCCOCCOC)c4ccccc34)ccc21. The number of rotatable bonds is 28. The highest BCUT2D eigenvalue weighted by Crippen LogP contribution is 2.48. The van der Waals surface area contributed by atoms with Crippen molar-refractivity contribution in [3.8, 4) is 44.5 Å². The first kappa shape index (κ1) is 69.2. The third-order valence-corrected chi connectivity index (χ3v) is 22.0. The Bertz CT molecular complexity index is 5560. The molecule has 0 bridgehead atoms. The molecule has 534 valence electrons. The first-order valence-electron chi connectivity index (χ1n) is 37.8. The Balaban J connectivity index is 0.758. The molecule has 15 aromatic carbocycles. The predicted molar refractivity (Wildman–Crippen MR) is 443 cm³/mol. The Kier molecular flexibility index (Phi) is 19.0. The summed E-state index contributed by atoms with van der Waals surface area (Å²) in [5.74, 6) is 0. The molecule has 17 aromatic rings. The van der Waals surface area contributed by atoms with Crippen molar-refractivity contribution >= 4 is 130 Å². The minimum atomic E-state index is 0.0495. The van der Waals surface area contributed by atoms with Crippen molar-refractivity contribution in [1.29, 1.82) is 0 Å². The molecule has 0 radical (unpaired) electrons. The lowest BCUT2D eigenvalue weighted by Gasteiger charge is -2.21. The summed E-state index contributed by atoms with van der Waals surface area (Å²) >= 11 is 0. The Morgan fingerprint density at radius 2 is 0.481 bits per heavy atom. The summed E-state index contributed by atoms with van der Waals surface area (Å²) in [5.41, 5.74) is 17.0. The topological polar surface area (TPSA) is 83.7 Å². The highest BCUT2D eigenvalue weighted by molar-refractivity contribution is 6.27. The van der Waals surface area contributed by atoms with Crippen LogP contribution in [-0.2, 0) is 61.8 Å². The molecule has 0 aliphatic heterocycles. The Morgan fingerprint density at radius 3 is 0.755 bits per heavy atom. The summed E-state index contributed by atoms with van der Waals surface area (Å²) < 4.78 is 50.8. The third-order valence-electron chi connectivity index (χ3n) is 22.0. The second-order valence-corrected chi connectivity index (χ2v) is 30.7. The van der Waals surface area contributed by atoms with Gasteiger partial charge in [0.1, 0.15) is 0 Å². The number of fused-ring (bicyclic) bond motifs is 8. The average Bonchev–Trinajstić information content (AvgIpc) is 1.53. The number of hydrogen-bond donors (Lipinski definition) is 0. The second kappa shape index (κ2) is 29.2. The summed E-state index contributed by atoms with van der Waals surface area (Å²) in [6.07, 6.45) is 0. The zero-order valence-electron chi connectivity index (χ0n) is 62.3. The molecule has 0 N–H and O–H groups in total. The second-order valence-electron chi connectivity index (χ2n) is 30.7. The van der Waals surface area contributed by atoms with Gasteiger partial charge in [-0.25, -0.2) is 0 Å². The molecule has 0 aliphatic carbocycles. The summed E-state index contributed by atoms with van der Waals surface area (Å²) in [6, 6.07) is 84.3. The lowest BCUT2D eigenvalue weighted by molar-refractivity contribution is 0.00292. The van der Waals surface area contributed by atoms with E-state index in [-0.39, 0.29) is 10.8 Å². The predicted octanol–water partition coefficient (Wildman–Crippen LogP) is 22.7. The molecule has 106 heavy (non-hydrogen) atoms. The van der Waals surface area contributed by atoms with Gasteiger partial charge in [0, 0.05) is 70.9 Å². The molecule has 2 heterocycles. The maximum absolute atomic E-state index is 6.33. The quantitative estimate of drug-likeness (QED) is 0.0272. The van der Waals surface area contributed by atoms with Gasteiger partial charge in [0.15, 0.2) is 0 Å². The van der Waals surface area contributed by atoms with Crippen molar-refractivity contribution in [2.75, 3.05) is 107 Å². The summed E-state index contributed by atoms with van der Waals surface area (Å²) in [6.45, 7) is 22.5. The minimum absolute atomic E-state index is 0.0495. The van der Waals surface area contributed by atoms with Gasteiger partial charge in [0.25, 0.3) is 0 Å². The summed E-state index contributed by atoms with van der Waals surface area (Å²) in [4.78, 5) is 0. The van der Waals surface area contributed by atoms with E-state index in [0.29, 0.717) is 106 Å². The van der Waals surface area contributed by atoms with Crippen LogP contribution in [0.1, 0.15) is 52.7 Å². The Morgan fingerprint density at radius 1 is 0.236 bits per heavy atom. The van der Waals surface area contributed by atoms with E-state index in [0.717, 1.165) is 0 Å². The molecule has 10 nitrogen and oxygen atoms in total. The van der Waals surface area contributed by atoms with Gasteiger partial charge < -0.3 is 47.0 Å². The van der Waals surface area contributed by atoms with Gasteiger partial charge in [-0.2, -0.15) is 0 Å². The van der Waals surface area contributed by atoms with Crippen LogP contribution in [0.15, 0.2) is 218 Å². The van der Waals surface area contributed by atoms with Crippen LogP contribution in [0.4, 0.5) is 0 Å². The van der Waals surface area contributed by atoms with E-state index < -0.39 is 0 Å². The van der Waals surface area contributed by atoms with Crippen molar-refractivity contribution in [2.45, 2.75) is 65.5 Å². The van der Waals surface area contributed by atoms with Crippen LogP contribution in [-0.4, -0.2) is 116 Å². The molecular formula is C96H92N2O8. The van der Waals surface area contributed by atoms with Crippen molar-refractivity contribution in [2.24, 2.45) is 0 Å². The molecule has 0 fully saturated rings. The summed E-state index contributed by atoms with van der Waals surface area (Å²) in [5, 5.41) is 25.2. The standard InChI is InChI=1S/C96H92N2O8/c1-95(2,3)75-53-67-21-17-63-49-73(50-64-18-22-68(54-75)91(67)89(63)64)61-25-29-85-81(57-61)83-59-71(27-31-87(83)97(85)33-35-101-41-43-105-47-45-103-39-37-99-7)93-77-13-9-11-15-79(77)94(80-16-12-10-14-78(80)93)72-28-32-88-84(60-72)82-58-62(26-30-86(82)98(88)34-36-102-42-44-106-48-46-104-40-38-100-8)74-51-65-19-23-69-55-76(96(4,5)6)56-70-24-20-66(52-74)90(65)92(69)70/h9-32,49-60H,33-48H2,1-8H3. The van der Waals surface area contributed by atoms with Gasteiger partial charge in [-0.1, -0.05) is 187 Å². The van der Waals surface area contributed by atoms with Gasteiger partial charge in [-0.3, -0.25) is 0 Å². The van der Waals surface area contributed by atoms with Gasteiger partial charge in [-0.15, -0.1) is 0 Å². The normalized spacial score (nSPS) is 12.7. The zero-order chi connectivity index (χ0) is 72.2. The molecule has 0 aliphatic rings. The smallest absolute Gasteiger partial charge is 0.0701 e. The van der Waals surface area contributed by atoms with Crippen LogP contribution in [0.2, 0.25) is 0 Å². The number of nitrogens with zero attached hydrogens (tertiary/aromatic N) is 2. The lowest BCUT2D eigenvalue weighted by atomic mass is 9.83. The fourth-order valence-corrected chi connectivity index (χ4v) is 16.7. The number of benzene rings is 15. The van der Waals surface area contributed by atoms with Crippen LogP contribution in [0.25, 0.3) is 174 Å². The Hall–Kier alpha value is -9.82. The maximum atomic E-state index is 6.33. The van der Waals surface area contributed by atoms with Crippen LogP contribution >= 0.6 is 0 Å². The van der Waals surface area contributed by atoms with Crippen molar-refractivity contribution < 1.29 is 37.9 Å². The maximum Gasteiger partial charge on any atom is 0.0701 e. The van der Waals surface area contributed by atoms with E-state index in [2.05, 4.69) is 269 Å². The third kappa shape index (κ3) is 13.1. The molecule has 0 unspecified atom stereocenters. The fraction of sp³-hybridized carbons (Fsp3) is 0.271. The van der Waals surface area contributed by atoms with Crippen molar-refractivity contribution in [1.82, 2.24) is 9.13 Å². The molecular weight excluding hydrogens is 1310 g/mol. The highest BCUT2D eigenvalue weighted by Gasteiger charge is 2.24. The average molecular weight is 1400 g/mol. The fourth-order valence-electron chi connectivity index (χ4n) is 16.7. The molecule has 0 amide bonds. The number of ether oxygens (including phenoxy) is 8. The Labute approximate surface area is 619 Å². The molecule has 0 saturated carbocycles. The van der Waals surface area contributed by atoms with Crippen LogP contribution in [0.3, 0.4) is 0 Å². The van der Waals surface area contributed by atoms with E-state index in [1.165, 1.54) is 185 Å². The van der Waals surface area contributed by atoms with Crippen LogP contribution in [0.5, 0.6) is 0 Å². The number of aromatic nitrogens is 2. The van der Waals surface area contributed by atoms with E-state index in [9.17, 15) is 0 Å². The first-order chi connectivity index (χ1) is 51.8. The molecule has 0 atom stereocenters. The number of hydrogen-bond acceptors (Lipinski definition) is 8. The van der Waals surface area contributed by atoms with Crippen LogP contribution < -0.4 is 0 Å². The van der Waals surface area contributed by atoms with Gasteiger partial charge in [0.05, 0.1) is 92.5 Å². The van der Waals surface area contributed by atoms with Gasteiger partial charge in [0.2, 0.25) is 0 Å². The van der Waals surface area contributed by atoms with E-state index in [1.807, 2.05) is 0 Å². The molecule has 2 aromatic heterocycles. The van der Waals surface area contributed by atoms with Crippen LogP contribution in [0, 0.1) is 0 Å². The molecule has 17 rings (SSSR count). The molecule has 10 heteroatoms. The van der Waals surface area contributed by atoms with E-state index >= 15 is 0 Å². The largest absolute Gasteiger partial charge is 0.382 e. The lowest BCUT2D eigenvalue weighted by Crippen LogP contribution is -2.13. The van der Waals surface area contributed by atoms with Crippen molar-refractivity contribution in [3.63, 3.8) is 0 Å². The van der Waals surface area contributed by atoms with Gasteiger partial charge in [-0.05, 0) is 225 Å². The monoisotopic (exact) mass is 1400 g/mol. The highest BCUT2D eigenvalue weighted by atomic mass is 16.6. The molecule has 0 spiro atoms. The van der Waals surface area contributed by atoms with Crippen molar-refractivity contribution in [3.05, 3.63) is 230 Å².